The third-order valence-corrected chi connectivity index (χ3v) is 2.96. The van der Waals surface area contributed by atoms with Gasteiger partial charge in [0.25, 0.3) is 0 Å². The first-order valence-corrected chi connectivity index (χ1v) is 6.25. The van der Waals surface area contributed by atoms with Crippen molar-refractivity contribution in [1.29, 1.82) is 0 Å². The molecule has 0 bridgehead atoms. The Hall–Kier alpha value is -3.11. The predicted octanol–water partition coefficient (Wildman–Crippen LogP) is 1.04. The average Bonchev–Trinajstić information content (AvgIpc) is 2.49. The third-order valence-electron chi connectivity index (χ3n) is 2.96. The Morgan fingerprint density at radius 2 is 2.00 bits per heavy atom. The minimum Gasteiger partial charge on any atom is -0.380 e. The fourth-order valence-electron chi connectivity index (χ4n) is 1.43. The van der Waals surface area contributed by atoms with Crippen molar-refractivity contribution in [1.82, 2.24) is 0 Å². The number of carbonyl (C=O) groups is 1. The molecule has 0 aliphatic carbocycles. The van der Waals surface area contributed by atoms with Gasteiger partial charge in [-0.15, -0.1) is 0 Å². The SMILES string of the molecule is CC(CCC(=O)O/N=C(\N)c1cccc(F)c1)([N+](=O)[O-])[N+](=O)[O-]. The molecule has 0 atom stereocenters. The van der Waals surface area contributed by atoms with E-state index in [0.29, 0.717) is 0 Å². The van der Waals surface area contributed by atoms with E-state index in [1.165, 1.54) is 18.2 Å². The van der Waals surface area contributed by atoms with E-state index in [4.69, 9.17) is 5.73 Å². The Morgan fingerprint density at radius 1 is 1.39 bits per heavy atom. The number of carbonyl (C=O) groups excluding carboxylic acids is 1. The molecule has 1 aromatic carbocycles. The molecule has 23 heavy (non-hydrogen) atoms. The maximum Gasteiger partial charge on any atom is 0.456 e. The molecule has 0 aromatic heterocycles. The lowest BCUT2D eigenvalue weighted by Crippen LogP contribution is -2.43. The Kier molecular flexibility index (Phi) is 5.65. The lowest BCUT2D eigenvalue weighted by Gasteiger charge is -2.11. The smallest absolute Gasteiger partial charge is 0.380 e. The van der Waals surface area contributed by atoms with Gasteiger partial charge in [-0.2, -0.15) is 0 Å². The second-order valence-corrected chi connectivity index (χ2v) is 4.68. The van der Waals surface area contributed by atoms with Crippen LogP contribution < -0.4 is 5.73 Å². The van der Waals surface area contributed by atoms with Gasteiger partial charge >= 0.3 is 11.6 Å². The van der Waals surface area contributed by atoms with Gasteiger partial charge in [-0.3, -0.25) is 20.2 Å². The topological polar surface area (TPSA) is 151 Å². The van der Waals surface area contributed by atoms with Crippen molar-refractivity contribution < 1.29 is 23.9 Å². The highest BCUT2D eigenvalue weighted by molar-refractivity contribution is 5.97. The molecule has 0 aliphatic rings. The normalized spacial score (nSPS) is 11.8. The first-order chi connectivity index (χ1) is 10.7. The molecule has 0 amide bonds. The number of hydrogen-bond acceptors (Lipinski definition) is 7. The molecule has 2 N–H and O–H groups in total. The molecule has 0 unspecified atom stereocenters. The molecule has 1 aromatic rings. The Balaban J connectivity index is 2.65. The zero-order chi connectivity index (χ0) is 17.6. The van der Waals surface area contributed by atoms with Gasteiger partial charge < -0.3 is 10.6 Å². The lowest BCUT2D eigenvalue weighted by atomic mass is 10.1. The Labute approximate surface area is 129 Å². The van der Waals surface area contributed by atoms with Crippen LogP contribution >= 0.6 is 0 Å². The first-order valence-electron chi connectivity index (χ1n) is 6.25. The molecule has 124 valence electrons. The molecule has 0 saturated carbocycles. The van der Waals surface area contributed by atoms with Gasteiger partial charge in [-0.1, -0.05) is 17.3 Å². The Bertz CT molecular complexity index is 649. The van der Waals surface area contributed by atoms with E-state index in [-0.39, 0.29) is 11.4 Å². The van der Waals surface area contributed by atoms with Crippen LogP contribution in [-0.2, 0) is 9.63 Å². The quantitative estimate of drug-likeness (QED) is 0.196. The largest absolute Gasteiger partial charge is 0.456 e. The summed E-state index contributed by atoms with van der Waals surface area (Å²) in [6.07, 6.45) is -1.29. The molecular weight excluding hydrogens is 315 g/mol. The summed E-state index contributed by atoms with van der Waals surface area (Å²) in [5.74, 6) is -1.90. The van der Waals surface area contributed by atoms with E-state index in [2.05, 4.69) is 9.99 Å². The van der Waals surface area contributed by atoms with Crippen LogP contribution in [0.5, 0.6) is 0 Å². The van der Waals surface area contributed by atoms with Crippen LogP contribution in [0.15, 0.2) is 29.4 Å². The second kappa shape index (κ2) is 7.24. The standard InChI is InChI=1S/C12H13FN4O6/c1-12(16(19)20,17(21)22)6-5-10(18)23-15-11(14)8-3-2-4-9(13)7-8/h2-4,7H,5-6H2,1H3,(H2,14,15). The van der Waals surface area contributed by atoms with Crippen molar-refractivity contribution in [2.75, 3.05) is 0 Å². The van der Waals surface area contributed by atoms with Gasteiger partial charge in [0.15, 0.2) is 5.84 Å². The van der Waals surface area contributed by atoms with Crippen LogP contribution in [-0.4, -0.2) is 27.3 Å². The number of nitrogens with zero attached hydrogens (tertiary/aromatic N) is 3. The highest BCUT2D eigenvalue weighted by atomic mass is 19.1. The van der Waals surface area contributed by atoms with Crippen molar-refractivity contribution >= 4 is 11.8 Å². The van der Waals surface area contributed by atoms with E-state index in [9.17, 15) is 29.4 Å². The van der Waals surface area contributed by atoms with E-state index >= 15 is 0 Å². The van der Waals surface area contributed by atoms with Crippen molar-refractivity contribution in [2.24, 2.45) is 10.9 Å². The van der Waals surface area contributed by atoms with Crippen molar-refractivity contribution in [2.45, 2.75) is 25.4 Å². The minimum atomic E-state index is -2.50. The monoisotopic (exact) mass is 328 g/mol. The summed E-state index contributed by atoms with van der Waals surface area (Å²) in [6, 6.07) is 5.03. The van der Waals surface area contributed by atoms with E-state index in [0.717, 1.165) is 13.0 Å². The molecule has 11 heteroatoms. The molecule has 0 saturated heterocycles. The van der Waals surface area contributed by atoms with Crippen molar-refractivity contribution in [3.8, 4) is 0 Å². The molecule has 0 heterocycles. The first kappa shape index (κ1) is 17.9. The van der Waals surface area contributed by atoms with Crippen LogP contribution in [0.4, 0.5) is 4.39 Å². The Morgan fingerprint density at radius 3 is 2.52 bits per heavy atom. The minimum absolute atomic E-state index is 0.165. The summed E-state index contributed by atoms with van der Waals surface area (Å²) in [4.78, 5) is 35.0. The predicted molar refractivity (Wildman–Crippen MR) is 74.8 cm³/mol. The van der Waals surface area contributed by atoms with Gasteiger partial charge in [-0.25, -0.2) is 9.18 Å². The fourth-order valence-corrected chi connectivity index (χ4v) is 1.43. The third kappa shape index (κ3) is 4.69. The van der Waals surface area contributed by atoms with E-state index < -0.39 is 40.1 Å². The lowest BCUT2D eigenvalue weighted by molar-refractivity contribution is -0.792. The maximum absolute atomic E-state index is 13.0. The summed E-state index contributed by atoms with van der Waals surface area (Å²) in [5, 5.41) is 24.6. The van der Waals surface area contributed by atoms with Crippen molar-refractivity contribution in [3.05, 3.63) is 55.9 Å². The number of halogens is 1. The highest BCUT2D eigenvalue weighted by Gasteiger charge is 2.50. The average molecular weight is 328 g/mol. The molecule has 0 spiro atoms. The molecule has 0 radical (unpaired) electrons. The molecule has 10 nitrogen and oxygen atoms in total. The van der Waals surface area contributed by atoms with Crippen LogP contribution in [0, 0.1) is 26.0 Å². The van der Waals surface area contributed by atoms with Gasteiger partial charge in [0.2, 0.25) is 0 Å². The second-order valence-electron chi connectivity index (χ2n) is 4.68. The van der Waals surface area contributed by atoms with E-state index in [1.807, 2.05) is 0 Å². The number of amidine groups is 1. The van der Waals surface area contributed by atoms with Gasteiger partial charge in [0.05, 0.1) is 29.6 Å². The number of oxime groups is 1. The van der Waals surface area contributed by atoms with Crippen LogP contribution in [0.25, 0.3) is 0 Å². The van der Waals surface area contributed by atoms with Crippen LogP contribution in [0.3, 0.4) is 0 Å². The number of nitrogens with two attached hydrogens (primary N) is 1. The van der Waals surface area contributed by atoms with Crippen LogP contribution in [0.2, 0.25) is 0 Å². The highest BCUT2D eigenvalue weighted by Crippen LogP contribution is 2.17. The molecule has 0 fully saturated rings. The zero-order valence-electron chi connectivity index (χ0n) is 12.0. The maximum atomic E-state index is 13.0. The molecular formula is C12H13FN4O6. The summed E-state index contributed by atoms with van der Waals surface area (Å²) in [6.45, 7) is 0.782. The summed E-state index contributed by atoms with van der Waals surface area (Å²) in [7, 11) is 0. The summed E-state index contributed by atoms with van der Waals surface area (Å²) < 4.78 is 13.0. The van der Waals surface area contributed by atoms with Gasteiger partial charge in [0, 0.05) is 5.56 Å². The molecule has 1 rings (SSSR count). The summed E-state index contributed by atoms with van der Waals surface area (Å²) >= 11 is 0. The zero-order valence-corrected chi connectivity index (χ0v) is 12.0. The summed E-state index contributed by atoms with van der Waals surface area (Å²) in [5.41, 5.74) is 3.14. The number of hydrogen-bond donors (Lipinski definition) is 1. The van der Waals surface area contributed by atoms with E-state index in [1.54, 1.807) is 0 Å². The number of rotatable bonds is 7. The fraction of sp³-hybridized carbons (Fsp3) is 0.333. The van der Waals surface area contributed by atoms with Gasteiger partial charge in [0.1, 0.15) is 5.82 Å². The number of benzene rings is 1. The number of nitro groups is 2. The van der Waals surface area contributed by atoms with Crippen LogP contribution in [0.1, 0.15) is 25.3 Å². The molecule has 0 aliphatic heterocycles. The van der Waals surface area contributed by atoms with Crippen molar-refractivity contribution in [3.63, 3.8) is 0 Å². The van der Waals surface area contributed by atoms with Gasteiger partial charge in [-0.05, 0) is 12.1 Å².